The van der Waals surface area contributed by atoms with Crippen molar-refractivity contribution in [1.29, 1.82) is 0 Å². The van der Waals surface area contributed by atoms with E-state index in [-0.39, 0.29) is 42.0 Å². The van der Waals surface area contributed by atoms with Crippen LogP contribution in [0.4, 0.5) is 0 Å². The maximum atomic E-state index is 8.88. The van der Waals surface area contributed by atoms with Crippen LogP contribution in [0.5, 0.6) is 0 Å². The van der Waals surface area contributed by atoms with Crippen molar-refractivity contribution in [3.05, 3.63) is 0 Å². The predicted octanol–water partition coefficient (Wildman–Crippen LogP) is -1.14. The molecule has 6 nitrogen and oxygen atoms in total. The molecule has 0 aromatic rings. The number of hydrogen-bond donors (Lipinski definition) is 5. The van der Waals surface area contributed by atoms with Gasteiger partial charge in [-0.2, -0.15) is 0 Å². The van der Waals surface area contributed by atoms with Crippen molar-refractivity contribution >= 4 is 49.8 Å². The van der Waals surface area contributed by atoms with Crippen LogP contribution in [0.3, 0.4) is 0 Å². The topological polar surface area (TPSA) is 118 Å². The molecule has 0 radical (unpaired) electrons. The number of rotatable bonds is 0. The standard InChI is InChI=1S/ClH.Na.H3O4P.H2O2.H/c;;1-5(2,3)4;1-2;/h1H;;(H3,1,2,3,4);1-2H;. The van der Waals surface area contributed by atoms with E-state index < -0.39 is 7.82 Å². The Kier molecular flexibility index (Phi) is 30.0. The molecule has 0 saturated heterocycles. The molecule has 0 bridgehead atoms. The van der Waals surface area contributed by atoms with Crippen LogP contribution in [0.1, 0.15) is 0 Å². The molecule has 9 heavy (non-hydrogen) atoms. The van der Waals surface area contributed by atoms with Crippen molar-refractivity contribution < 1.29 is 29.8 Å². The zero-order valence-electron chi connectivity index (χ0n) is 3.50. The zero-order chi connectivity index (χ0) is 6.50. The van der Waals surface area contributed by atoms with Gasteiger partial charge in [0.25, 0.3) is 0 Å². The first-order valence-electron chi connectivity index (χ1n) is 0.983. The van der Waals surface area contributed by atoms with Crippen molar-refractivity contribution in [3.63, 3.8) is 0 Å². The van der Waals surface area contributed by atoms with Gasteiger partial charge in [0.15, 0.2) is 0 Å². The summed E-state index contributed by atoms with van der Waals surface area (Å²) in [7, 11) is -4.64. The fraction of sp³-hybridized carbons (Fsp3) is 0. The average molecular weight is 192 g/mol. The summed E-state index contributed by atoms with van der Waals surface area (Å²) < 4.78 is 8.88. The SMILES string of the molecule is Cl.O=P(O)(O)O.OO.[NaH]. The Balaban J connectivity index is -0.0000000286. The molecule has 0 amide bonds. The quantitative estimate of drug-likeness (QED) is 0.143. The Bertz CT molecular complexity index is 59.2. The minimum absolute atomic E-state index is 0. The van der Waals surface area contributed by atoms with Crippen LogP contribution < -0.4 is 0 Å². The molecule has 0 spiro atoms. The van der Waals surface area contributed by atoms with Crippen LogP contribution in [-0.4, -0.2) is 54.8 Å². The molecule has 5 N–H and O–H groups in total. The summed E-state index contributed by atoms with van der Waals surface area (Å²) in [5.41, 5.74) is 0. The first kappa shape index (κ1) is 22.4. The van der Waals surface area contributed by atoms with E-state index in [1.54, 1.807) is 0 Å². The first-order chi connectivity index (χ1) is 3.00. The molecule has 0 aliphatic heterocycles. The number of halogens is 1. The van der Waals surface area contributed by atoms with Gasteiger partial charge in [-0.25, -0.2) is 4.57 Å². The zero-order valence-corrected chi connectivity index (χ0v) is 5.21. The third-order valence-corrected chi connectivity index (χ3v) is 0. The van der Waals surface area contributed by atoms with E-state index in [2.05, 4.69) is 0 Å². The van der Waals surface area contributed by atoms with Gasteiger partial charge >= 0.3 is 37.4 Å². The minimum atomic E-state index is -4.64. The van der Waals surface area contributed by atoms with Crippen molar-refractivity contribution in [2.45, 2.75) is 0 Å². The van der Waals surface area contributed by atoms with E-state index in [1.165, 1.54) is 0 Å². The van der Waals surface area contributed by atoms with Gasteiger partial charge in [0.05, 0.1) is 0 Å². The molecule has 0 aromatic heterocycles. The molecule has 0 heterocycles. The third-order valence-electron chi connectivity index (χ3n) is 0. The summed E-state index contributed by atoms with van der Waals surface area (Å²) in [6, 6.07) is 0. The van der Waals surface area contributed by atoms with Gasteiger partial charge in [-0.1, -0.05) is 0 Å². The maximum absolute atomic E-state index is 8.88. The van der Waals surface area contributed by atoms with Gasteiger partial charge in [0, 0.05) is 0 Å². The Labute approximate surface area is 79.4 Å². The van der Waals surface area contributed by atoms with Crippen LogP contribution in [0.2, 0.25) is 0 Å². The van der Waals surface area contributed by atoms with E-state index in [9.17, 15) is 0 Å². The molecule has 56 valence electrons. The second kappa shape index (κ2) is 12.0. The Hall–Kier alpha value is 1.32. The molecular weight excluding hydrogens is 185 g/mol. The second-order valence-corrected chi connectivity index (χ2v) is 1.54. The summed E-state index contributed by atoms with van der Waals surface area (Å²) in [6.07, 6.45) is 0. The van der Waals surface area contributed by atoms with Crippen molar-refractivity contribution in [3.8, 4) is 0 Å². The molecule has 0 fully saturated rings. The second-order valence-electron chi connectivity index (χ2n) is 0.513. The van der Waals surface area contributed by atoms with E-state index in [0.29, 0.717) is 0 Å². The third kappa shape index (κ3) is 287. The normalized spacial score (nSPS) is 7.22. The van der Waals surface area contributed by atoms with Crippen LogP contribution in [-0.2, 0) is 4.57 Å². The van der Waals surface area contributed by atoms with E-state index in [0.717, 1.165) is 0 Å². The Morgan fingerprint density at radius 3 is 1.00 bits per heavy atom. The molecule has 0 aliphatic carbocycles. The summed E-state index contributed by atoms with van der Waals surface area (Å²) in [6.45, 7) is 0. The van der Waals surface area contributed by atoms with Crippen LogP contribution in [0, 0.1) is 0 Å². The summed E-state index contributed by atoms with van der Waals surface area (Å²) >= 11 is 0. The van der Waals surface area contributed by atoms with Crippen LogP contribution in [0.25, 0.3) is 0 Å². The van der Waals surface area contributed by atoms with Crippen LogP contribution >= 0.6 is 20.2 Å². The van der Waals surface area contributed by atoms with Gasteiger partial charge in [-0.3, -0.25) is 10.5 Å². The molecule has 0 aromatic carbocycles. The fourth-order valence-corrected chi connectivity index (χ4v) is 0. The van der Waals surface area contributed by atoms with Crippen LogP contribution in [0.15, 0.2) is 0 Å². The van der Waals surface area contributed by atoms with Crippen molar-refractivity contribution in [1.82, 2.24) is 0 Å². The predicted molar refractivity (Wildman–Crippen MR) is 33.9 cm³/mol. The van der Waals surface area contributed by atoms with E-state index in [4.69, 9.17) is 29.8 Å². The van der Waals surface area contributed by atoms with Gasteiger partial charge < -0.3 is 14.7 Å². The van der Waals surface area contributed by atoms with Gasteiger partial charge in [0.1, 0.15) is 0 Å². The van der Waals surface area contributed by atoms with Crippen molar-refractivity contribution in [2.24, 2.45) is 0 Å². The molecule has 9 heteroatoms. The summed E-state index contributed by atoms with van der Waals surface area (Å²) in [4.78, 5) is 21.6. The summed E-state index contributed by atoms with van der Waals surface area (Å²) in [5.74, 6) is 0. The van der Waals surface area contributed by atoms with Gasteiger partial charge in [-0.05, 0) is 0 Å². The molecule has 0 saturated carbocycles. The monoisotopic (exact) mass is 192 g/mol. The number of hydrogen-bond acceptors (Lipinski definition) is 3. The Morgan fingerprint density at radius 2 is 1.00 bits per heavy atom. The molecule has 0 rings (SSSR count). The Morgan fingerprint density at radius 1 is 1.00 bits per heavy atom. The fourth-order valence-electron chi connectivity index (χ4n) is 0. The van der Waals surface area contributed by atoms with Gasteiger partial charge in [0.2, 0.25) is 0 Å². The summed E-state index contributed by atoms with van der Waals surface area (Å²) in [5, 5.41) is 12.0. The molecular formula is H7ClNaO6P. The average Bonchev–Trinajstić information content (AvgIpc) is 1.36. The first-order valence-corrected chi connectivity index (χ1v) is 2.55. The van der Waals surface area contributed by atoms with E-state index in [1.807, 2.05) is 0 Å². The molecule has 0 aliphatic rings. The molecule has 0 atom stereocenters. The number of phosphoric acid groups is 1. The van der Waals surface area contributed by atoms with Crippen molar-refractivity contribution in [2.75, 3.05) is 0 Å². The molecule has 0 unspecified atom stereocenters. The van der Waals surface area contributed by atoms with E-state index >= 15 is 0 Å². The van der Waals surface area contributed by atoms with Gasteiger partial charge in [-0.15, -0.1) is 12.4 Å².